The van der Waals surface area contributed by atoms with Gasteiger partial charge in [-0.05, 0) is 31.4 Å². The zero-order valence-corrected chi connectivity index (χ0v) is 12.3. The zero-order valence-electron chi connectivity index (χ0n) is 11.6. The predicted molar refractivity (Wildman–Crippen MR) is 79.4 cm³/mol. The SMILES string of the molecule is O=C(CCN1CCOC2CCCC21)c1ccccc1Cl. The normalized spacial score (nSPS) is 26.4. The van der Waals surface area contributed by atoms with Crippen LogP contribution in [0.5, 0.6) is 0 Å². The fourth-order valence-corrected chi connectivity index (χ4v) is 3.59. The van der Waals surface area contributed by atoms with Crippen molar-refractivity contribution in [2.24, 2.45) is 0 Å². The van der Waals surface area contributed by atoms with Crippen molar-refractivity contribution in [1.82, 2.24) is 4.90 Å². The average molecular weight is 294 g/mol. The molecule has 0 radical (unpaired) electrons. The van der Waals surface area contributed by atoms with Crippen LogP contribution in [0.15, 0.2) is 24.3 Å². The lowest BCUT2D eigenvalue weighted by molar-refractivity contribution is -0.0550. The van der Waals surface area contributed by atoms with Crippen molar-refractivity contribution in [2.45, 2.75) is 37.8 Å². The smallest absolute Gasteiger partial charge is 0.165 e. The molecule has 2 atom stereocenters. The van der Waals surface area contributed by atoms with Gasteiger partial charge in [0.15, 0.2) is 5.78 Å². The lowest BCUT2D eigenvalue weighted by Gasteiger charge is -2.37. The van der Waals surface area contributed by atoms with E-state index < -0.39 is 0 Å². The summed E-state index contributed by atoms with van der Waals surface area (Å²) in [5.74, 6) is 0.136. The molecule has 0 aromatic heterocycles. The van der Waals surface area contributed by atoms with E-state index in [2.05, 4.69) is 4.90 Å². The number of carbonyl (C=O) groups excluding carboxylic acids is 1. The average Bonchev–Trinajstić information content (AvgIpc) is 2.94. The number of morpholine rings is 1. The van der Waals surface area contributed by atoms with E-state index in [1.165, 1.54) is 19.3 Å². The zero-order chi connectivity index (χ0) is 13.9. The largest absolute Gasteiger partial charge is 0.375 e. The van der Waals surface area contributed by atoms with Crippen molar-refractivity contribution in [1.29, 1.82) is 0 Å². The first-order valence-electron chi connectivity index (χ1n) is 7.39. The summed E-state index contributed by atoms with van der Waals surface area (Å²) < 4.78 is 5.79. The number of hydrogen-bond donors (Lipinski definition) is 0. The van der Waals surface area contributed by atoms with Crippen LogP contribution in [0.1, 0.15) is 36.0 Å². The Bertz CT molecular complexity index is 491. The number of benzene rings is 1. The number of halogens is 1. The van der Waals surface area contributed by atoms with Crippen molar-refractivity contribution in [3.05, 3.63) is 34.9 Å². The maximum atomic E-state index is 12.3. The van der Waals surface area contributed by atoms with Gasteiger partial charge in [0.2, 0.25) is 0 Å². The molecule has 20 heavy (non-hydrogen) atoms. The van der Waals surface area contributed by atoms with Crippen LogP contribution in [0, 0.1) is 0 Å². The molecule has 1 aromatic carbocycles. The third-order valence-corrected chi connectivity index (χ3v) is 4.73. The molecule has 0 N–H and O–H groups in total. The summed E-state index contributed by atoms with van der Waals surface area (Å²) in [4.78, 5) is 14.7. The maximum absolute atomic E-state index is 12.3. The second-order valence-electron chi connectivity index (χ2n) is 5.60. The quantitative estimate of drug-likeness (QED) is 0.799. The Morgan fingerprint density at radius 2 is 2.20 bits per heavy atom. The Morgan fingerprint density at radius 1 is 1.35 bits per heavy atom. The van der Waals surface area contributed by atoms with Gasteiger partial charge in [-0.15, -0.1) is 0 Å². The number of fused-ring (bicyclic) bond motifs is 1. The number of rotatable bonds is 4. The number of ketones is 1. The summed E-state index contributed by atoms with van der Waals surface area (Å²) in [6.45, 7) is 2.55. The first-order valence-corrected chi connectivity index (χ1v) is 7.77. The Labute approximate surface area is 124 Å². The Hall–Kier alpha value is -0.900. The first kappa shape index (κ1) is 14.1. The molecule has 2 fully saturated rings. The van der Waals surface area contributed by atoms with Crippen LogP contribution < -0.4 is 0 Å². The number of hydrogen-bond acceptors (Lipinski definition) is 3. The number of carbonyl (C=O) groups is 1. The lowest BCUT2D eigenvalue weighted by atomic mass is 10.1. The van der Waals surface area contributed by atoms with Crippen molar-refractivity contribution in [2.75, 3.05) is 19.7 Å². The van der Waals surface area contributed by atoms with E-state index in [0.717, 1.165) is 19.7 Å². The van der Waals surface area contributed by atoms with Crippen LogP contribution in [0.2, 0.25) is 5.02 Å². The number of nitrogens with zero attached hydrogens (tertiary/aromatic N) is 1. The minimum Gasteiger partial charge on any atom is -0.375 e. The second kappa shape index (κ2) is 6.25. The van der Waals surface area contributed by atoms with Crippen molar-refractivity contribution < 1.29 is 9.53 Å². The fraction of sp³-hybridized carbons (Fsp3) is 0.562. The highest BCUT2D eigenvalue weighted by atomic mass is 35.5. The monoisotopic (exact) mass is 293 g/mol. The highest BCUT2D eigenvalue weighted by molar-refractivity contribution is 6.33. The Kier molecular flexibility index (Phi) is 4.39. The molecule has 3 nitrogen and oxygen atoms in total. The van der Waals surface area contributed by atoms with Gasteiger partial charge in [0.25, 0.3) is 0 Å². The molecule has 1 aliphatic heterocycles. The van der Waals surface area contributed by atoms with E-state index in [0.29, 0.717) is 29.2 Å². The molecular weight excluding hydrogens is 274 g/mol. The summed E-state index contributed by atoms with van der Waals surface area (Å²) in [6.07, 6.45) is 4.53. The molecule has 1 aromatic rings. The first-order chi connectivity index (χ1) is 9.75. The van der Waals surface area contributed by atoms with Crippen molar-refractivity contribution in [3.63, 3.8) is 0 Å². The third-order valence-electron chi connectivity index (χ3n) is 4.40. The summed E-state index contributed by atoms with van der Waals surface area (Å²) in [6, 6.07) is 7.81. The Morgan fingerprint density at radius 3 is 3.05 bits per heavy atom. The van der Waals surface area contributed by atoms with E-state index in [1.54, 1.807) is 6.07 Å². The minimum atomic E-state index is 0.136. The summed E-state index contributed by atoms with van der Waals surface area (Å²) in [5, 5.41) is 0.554. The van der Waals surface area contributed by atoms with Gasteiger partial charge in [-0.1, -0.05) is 23.7 Å². The van der Waals surface area contributed by atoms with Crippen LogP contribution in [-0.2, 0) is 4.74 Å². The third kappa shape index (κ3) is 2.90. The predicted octanol–water partition coefficient (Wildman–Crippen LogP) is 3.17. The second-order valence-corrected chi connectivity index (χ2v) is 6.00. The van der Waals surface area contributed by atoms with E-state index in [4.69, 9.17) is 16.3 Å². The van der Waals surface area contributed by atoms with Crippen LogP contribution in [0.25, 0.3) is 0 Å². The van der Waals surface area contributed by atoms with Gasteiger partial charge in [0, 0.05) is 31.1 Å². The van der Waals surface area contributed by atoms with E-state index >= 15 is 0 Å². The van der Waals surface area contributed by atoms with Gasteiger partial charge in [0.1, 0.15) is 0 Å². The molecular formula is C16H20ClNO2. The van der Waals surface area contributed by atoms with Gasteiger partial charge < -0.3 is 4.74 Å². The molecule has 4 heteroatoms. The minimum absolute atomic E-state index is 0.136. The Balaban J connectivity index is 1.59. The van der Waals surface area contributed by atoms with Crippen LogP contribution in [0.3, 0.4) is 0 Å². The van der Waals surface area contributed by atoms with Gasteiger partial charge in [-0.25, -0.2) is 0 Å². The molecule has 3 rings (SSSR count). The van der Waals surface area contributed by atoms with Crippen molar-refractivity contribution in [3.8, 4) is 0 Å². The van der Waals surface area contributed by atoms with Crippen LogP contribution >= 0.6 is 11.6 Å². The highest BCUT2D eigenvalue weighted by Crippen LogP contribution is 2.29. The van der Waals surface area contributed by atoms with E-state index in [1.807, 2.05) is 18.2 Å². The standard InChI is InChI=1S/C16H20ClNO2/c17-13-5-2-1-4-12(13)15(19)8-9-18-10-11-20-16-7-3-6-14(16)18/h1-2,4-5,14,16H,3,6-11H2. The summed E-state index contributed by atoms with van der Waals surface area (Å²) >= 11 is 6.08. The number of Topliss-reactive ketones (excluding diaryl/α,β-unsaturated/α-hetero) is 1. The molecule has 0 amide bonds. The molecule has 1 saturated heterocycles. The molecule has 2 aliphatic rings. The topological polar surface area (TPSA) is 29.5 Å². The lowest BCUT2D eigenvalue weighted by Crippen LogP contribution is -2.49. The van der Waals surface area contributed by atoms with Crippen LogP contribution in [0.4, 0.5) is 0 Å². The fourth-order valence-electron chi connectivity index (χ4n) is 3.35. The van der Waals surface area contributed by atoms with E-state index in [-0.39, 0.29) is 5.78 Å². The molecule has 108 valence electrons. The molecule has 0 spiro atoms. The maximum Gasteiger partial charge on any atom is 0.165 e. The van der Waals surface area contributed by atoms with E-state index in [9.17, 15) is 4.79 Å². The van der Waals surface area contributed by atoms with Crippen LogP contribution in [-0.4, -0.2) is 42.5 Å². The molecule has 0 bridgehead atoms. The number of ether oxygens (including phenoxy) is 1. The van der Waals surface area contributed by atoms with Gasteiger partial charge in [-0.2, -0.15) is 0 Å². The molecule has 2 unspecified atom stereocenters. The molecule has 1 aliphatic carbocycles. The highest BCUT2D eigenvalue weighted by Gasteiger charge is 2.35. The summed E-state index contributed by atoms with van der Waals surface area (Å²) in [5.41, 5.74) is 0.644. The van der Waals surface area contributed by atoms with Gasteiger partial charge >= 0.3 is 0 Å². The van der Waals surface area contributed by atoms with Gasteiger partial charge in [0.05, 0.1) is 17.7 Å². The molecule has 1 saturated carbocycles. The van der Waals surface area contributed by atoms with Crippen molar-refractivity contribution >= 4 is 17.4 Å². The molecule has 1 heterocycles. The van der Waals surface area contributed by atoms with Gasteiger partial charge in [-0.3, -0.25) is 9.69 Å². The summed E-state index contributed by atoms with van der Waals surface area (Å²) in [7, 11) is 0.